The summed E-state index contributed by atoms with van der Waals surface area (Å²) in [5, 5.41) is 27.0. The van der Waals surface area contributed by atoms with Crippen molar-refractivity contribution in [2.75, 3.05) is 5.43 Å². The highest BCUT2D eigenvalue weighted by molar-refractivity contribution is 5.46. The molecule has 0 fully saturated rings. The number of hydrogen-bond donors (Lipinski definition) is 2. The average Bonchev–Trinajstić information content (AvgIpc) is 2.33. The number of aromatic nitrogens is 3. The van der Waals surface area contributed by atoms with Crippen LogP contribution in [0.5, 0.6) is 0 Å². The van der Waals surface area contributed by atoms with Crippen molar-refractivity contribution >= 4 is 11.6 Å². The third-order valence-corrected chi connectivity index (χ3v) is 0.900. The molecule has 0 unspecified atom stereocenters. The van der Waals surface area contributed by atoms with E-state index in [4.69, 9.17) is 0 Å². The van der Waals surface area contributed by atoms with Crippen LogP contribution < -0.4 is 5.43 Å². The van der Waals surface area contributed by atoms with Gasteiger partial charge < -0.3 is 10.1 Å². The summed E-state index contributed by atoms with van der Waals surface area (Å²) in [6, 6.07) is 0. The molecule has 12 heavy (non-hydrogen) atoms. The Morgan fingerprint density at radius 3 is 2.50 bits per heavy atom. The normalized spacial score (nSPS) is 9.33. The van der Waals surface area contributed by atoms with Gasteiger partial charge in [-0.1, -0.05) is 10.6 Å². The first kappa shape index (κ1) is 7.84. The highest BCUT2D eigenvalue weighted by Crippen LogP contribution is 2.15. The lowest BCUT2D eigenvalue weighted by Gasteiger charge is -1.89. The standard InChI is InChI=1S/C2H2N6O4/c9-7(10)2-1(3-6-4-2)5-8(11)12/h(H2,3,4,5,6). The third kappa shape index (κ3) is 1.42. The van der Waals surface area contributed by atoms with Gasteiger partial charge in [-0.25, -0.2) is 10.1 Å². The molecule has 0 saturated heterocycles. The van der Waals surface area contributed by atoms with Crippen LogP contribution in [0.4, 0.5) is 11.6 Å². The molecule has 10 heteroatoms. The van der Waals surface area contributed by atoms with Crippen LogP contribution in [0.2, 0.25) is 0 Å². The zero-order chi connectivity index (χ0) is 9.14. The number of hydrazine groups is 1. The Labute approximate surface area is 63.8 Å². The molecule has 64 valence electrons. The smallest absolute Gasteiger partial charge is 0.358 e. The highest BCUT2D eigenvalue weighted by atomic mass is 16.7. The Kier molecular flexibility index (Phi) is 1.81. The van der Waals surface area contributed by atoms with E-state index in [0.29, 0.717) is 0 Å². The number of anilines is 1. The van der Waals surface area contributed by atoms with E-state index in [0.717, 1.165) is 0 Å². The minimum absolute atomic E-state index is 0.523. The van der Waals surface area contributed by atoms with Gasteiger partial charge in [0.25, 0.3) is 0 Å². The maximum absolute atomic E-state index is 10.1. The number of nitrogens with one attached hydrogen (secondary N) is 2. The van der Waals surface area contributed by atoms with Gasteiger partial charge in [0.2, 0.25) is 0 Å². The molecule has 0 atom stereocenters. The van der Waals surface area contributed by atoms with Crippen LogP contribution in [-0.4, -0.2) is 25.4 Å². The Hall–Kier alpha value is -2.26. The molecule has 0 amide bonds. The lowest BCUT2D eigenvalue weighted by Crippen LogP contribution is -2.09. The monoisotopic (exact) mass is 174 g/mol. The third-order valence-electron chi connectivity index (χ3n) is 0.900. The summed E-state index contributed by atoms with van der Waals surface area (Å²) in [6.07, 6.45) is 0. The predicted octanol–water partition coefficient (Wildman–Crippen LogP) is -0.684. The molecule has 0 saturated carbocycles. The van der Waals surface area contributed by atoms with E-state index >= 15 is 0 Å². The molecule has 0 bridgehead atoms. The number of nitro groups is 2. The minimum atomic E-state index is -0.967. The van der Waals surface area contributed by atoms with Crippen molar-refractivity contribution in [1.82, 2.24) is 15.4 Å². The van der Waals surface area contributed by atoms with Crippen LogP contribution in [0.25, 0.3) is 0 Å². The van der Waals surface area contributed by atoms with Gasteiger partial charge in [0.1, 0.15) is 0 Å². The fraction of sp³-hybridized carbons (Fsp3) is 0. The van der Waals surface area contributed by atoms with E-state index in [-0.39, 0.29) is 0 Å². The summed E-state index contributed by atoms with van der Waals surface area (Å²) in [6.45, 7) is 0. The number of hydrogen-bond acceptors (Lipinski definition) is 6. The van der Waals surface area contributed by atoms with Crippen molar-refractivity contribution in [2.24, 2.45) is 0 Å². The number of rotatable bonds is 3. The van der Waals surface area contributed by atoms with Crippen molar-refractivity contribution in [2.45, 2.75) is 0 Å². The first-order chi connectivity index (χ1) is 5.61. The van der Waals surface area contributed by atoms with Gasteiger partial charge in [0, 0.05) is 0 Å². The van der Waals surface area contributed by atoms with Gasteiger partial charge in [-0.15, -0.1) is 5.10 Å². The summed E-state index contributed by atoms with van der Waals surface area (Å²) in [5.41, 5.74) is 1.51. The second kappa shape index (κ2) is 2.77. The van der Waals surface area contributed by atoms with E-state index in [9.17, 15) is 20.2 Å². The molecule has 0 aliphatic heterocycles. The molecule has 10 nitrogen and oxygen atoms in total. The summed E-state index contributed by atoms with van der Waals surface area (Å²) in [7, 11) is 0. The quantitative estimate of drug-likeness (QED) is 0.456. The van der Waals surface area contributed by atoms with Crippen LogP contribution in [-0.2, 0) is 0 Å². The van der Waals surface area contributed by atoms with Gasteiger partial charge in [0.15, 0.2) is 5.03 Å². The van der Waals surface area contributed by atoms with Crippen molar-refractivity contribution in [1.29, 1.82) is 0 Å². The Morgan fingerprint density at radius 1 is 1.33 bits per heavy atom. The zero-order valence-corrected chi connectivity index (χ0v) is 5.42. The van der Waals surface area contributed by atoms with E-state index in [1.807, 2.05) is 5.21 Å². The van der Waals surface area contributed by atoms with Crippen LogP contribution in [0.1, 0.15) is 0 Å². The molecule has 0 spiro atoms. The molecule has 0 radical (unpaired) electrons. The van der Waals surface area contributed by atoms with E-state index in [1.54, 1.807) is 0 Å². The van der Waals surface area contributed by atoms with Crippen molar-refractivity contribution in [3.63, 3.8) is 0 Å². The maximum Gasteiger partial charge on any atom is 0.440 e. The van der Waals surface area contributed by atoms with Gasteiger partial charge in [-0.05, 0) is 4.92 Å². The first-order valence-corrected chi connectivity index (χ1v) is 2.57. The first-order valence-electron chi connectivity index (χ1n) is 2.57. The summed E-state index contributed by atoms with van der Waals surface area (Å²) in [4.78, 5) is 19.0. The van der Waals surface area contributed by atoms with Gasteiger partial charge >= 0.3 is 11.6 Å². The molecule has 0 aliphatic carbocycles. The second-order valence-electron chi connectivity index (χ2n) is 1.62. The summed E-state index contributed by atoms with van der Waals surface area (Å²) in [5.74, 6) is -1.24. The molecule has 1 heterocycles. The lowest BCUT2D eigenvalue weighted by atomic mass is 10.7. The van der Waals surface area contributed by atoms with E-state index in [1.165, 1.54) is 5.43 Å². The Balaban J connectivity index is 2.91. The highest BCUT2D eigenvalue weighted by Gasteiger charge is 2.22. The summed E-state index contributed by atoms with van der Waals surface area (Å²) >= 11 is 0. The number of nitrogens with zero attached hydrogens (tertiary/aromatic N) is 4. The molecule has 2 N–H and O–H groups in total. The maximum atomic E-state index is 10.1. The summed E-state index contributed by atoms with van der Waals surface area (Å²) < 4.78 is 0. The predicted molar refractivity (Wildman–Crippen MR) is 33.7 cm³/mol. The molecule has 1 aromatic rings. The molecular weight excluding hydrogens is 172 g/mol. The lowest BCUT2D eigenvalue weighted by molar-refractivity contribution is -0.447. The van der Waals surface area contributed by atoms with E-state index < -0.39 is 21.6 Å². The molecule has 1 aromatic heterocycles. The second-order valence-corrected chi connectivity index (χ2v) is 1.62. The molecular formula is C2H2N6O4. The average molecular weight is 174 g/mol. The van der Waals surface area contributed by atoms with Crippen LogP contribution in [0, 0.1) is 20.2 Å². The fourth-order valence-corrected chi connectivity index (χ4v) is 0.514. The molecule has 0 aromatic carbocycles. The molecule has 1 rings (SSSR count). The van der Waals surface area contributed by atoms with Gasteiger partial charge in [-0.2, -0.15) is 0 Å². The van der Waals surface area contributed by atoms with Crippen molar-refractivity contribution in [3.05, 3.63) is 20.2 Å². The van der Waals surface area contributed by atoms with Crippen LogP contribution in [0.3, 0.4) is 0 Å². The minimum Gasteiger partial charge on any atom is -0.358 e. The SMILES string of the molecule is O=[N+]([O-])Nc1n[nH]nc1[N+](=O)[O-]. The van der Waals surface area contributed by atoms with Crippen LogP contribution in [0.15, 0.2) is 0 Å². The Bertz CT molecular complexity index is 317. The van der Waals surface area contributed by atoms with Gasteiger partial charge in [-0.3, -0.25) is 0 Å². The molecule has 0 aliphatic rings. The topological polar surface area (TPSA) is 140 Å². The number of H-pyrrole nitrogens is 1. The van der Waals surface area contributed by atoms with Gasteiger partial charge in [0.05, 0.1) is 5.10 Å². The zero-order valence-electron chi connectivity index (χ0n) is 5.42. The van der Waals surface area contributed by atoms with Crippen molar-refractivity contribution in [3.8, 4) is 0 Å². The van der Waals surface area contributed by atoms with Crippen LogP contribution >= 0.6 is 0 Å². The van der Waals surface area contributed by atoms with E-state index in [2.05, 4.69) is 10.2 Å². The van der Waals surface area contributed by atoms with Crippen molar-refractivity contribution < 1.29 is 9.96 Å². The fourth-order valence-electron chi connectivity index (χ4n) is 0.514. The number of aromatic amines is 1. The Morgan fingerprint density at radius 2 is 2.00 bits per heavy atom. The largest absolute Gasteiger partial charge is 0.440 e.